The van der Waals surface area contributed by atoms with Crippen LogP contribution in [0.2, 0.25) is 0 Å². The molecule has 0 fully saturated rings. The fraction of sp³-hybridized carbons (Fsp3) is 0.167. The molecule has 2 aromatic carbocycles. The van der Waals surface area contributed by atoms with E-state index in [-0.39, 0.29) is 5.43 Å². The third-order valence-electron chi connectivity index (χ3n) is 5.57. The van der Waals surface area contributed by atoms with Crippen LogP contribution in [0.5, 0.6) is 0 Å². The molecule has 0 aliphatic carbocycles. The molecule has 7 nitrogen and oxygen atoms in total. The number of para-hydroxylation sites is 1. The third-order valence-corrected chi connectivity index (χ3v) is 5.57. The molecule has 3 heterocycles. The molecule has 0 aliphatic rings. The summed E-state index contributed by atoms with van der Waals surface area (Å²) in [6, 6.07) is 14.7. The number of anilines is 1. The van der Waals surface area contributed by atoms with Gasteiger partial charge in [-0.1, -0.05) is 42.0 Å². The van der Waals surface area contributed by atoms with Crippen molar-refractivity contribution in [1.29, 1.82) is 0 Å². The number of fused-ring (bicyclic) bond motifs is 2. The molecule has 0 radical (unpaired) electrons. The van der Waals surface area contributed by atoms with E-state index in [2.05, 4.69) is 15.1 Å². The highest BCUT2D eigenvalue weighted by Gasteiger charge is 2.25. The van der Waals surface area contributed by atoms with E-state index in [0.29, 0.717) is 39.1 Å². The maximum atomic E-state index is 13.6. The van der Waals surface area contributed by atoms with Crippen LogP contribution >= 0.6 is 0 Å². The van der Waals surface area contributed by atoms with Gasteiger partial charge in [0.25, 0.3) is 0 Å². The number of nitrogens with zero attached hydrogens (tertiary/aromatic N) is 4. The highest BCUT2D eigenvalue weighted by atomic mass is 16.3. The first-order valence-corrected chi connectivity index (χ1v) is 10.0. The zero-order chi connectivity index (χ0) is 21.7. The number of aromatic nitrogens is 4. The van der Waals surface area contributed by atoms with E-state index in [1.807, 2.05) is 57.2 Å². The second-order valence-electron chi connectivity index (χ2n) is 7.70. The fourth-order valence-electron chi connectivity index (χ4n) is 4.08. The van der Waals surface area contributed by atoms with E-state index in [9.17, 15) is 4.79 Å². The van der Waals surface area contributed by atoms with Crippen LogP contribution in [0.4, 0.5) is 5.82 Å². The average molecular weight is 411 g/mol. The summed E-state index contributed by atoms with van der Waals surface area (Å²) in [5.74, 6) is 0.899. The van der Waals surface area contributed by atoms with Gasteiger partial charge in [-0.15, -0.1) is 0 Å². The Kier molecular flexibility index (Phi) is 4.32. The van der Waals surface area contributed by atoms with Gasteiger partial charge in [-0.05, 0) is 38.5 Å². The molecule has 1 unspecified atom stereocenters. The molecule has 0 saturated heterocycles. The molecule has 2 N–H and O–H groups in total. The number of hydrogen-bond donors (Lipinski definition) is 1. The molecule has 1 atom stereocenters. The fourth-order valence-corrected chi connectivity index (χ4v) is 4.08. The van der Waals surface area contributed by atoms with Gasteiger partial charge in [0, 0.05) is 0 Å². The van der Waals surface area contributed by atoms with Gasteiger partial charge >= 0.3 is 0 Å². The first kappa shape index (κ1) is 19.0. The summed E-state index contributed by atoms with van der Waals surface area (Å²) in [5, 5.41) is 5.91. The zero-order valence-corrected chi connectivity index (χ0v) is 17.5. The highest BCUT2D eigenvalue weighted by Crippen LogP contribution is 2.33. The van der Waals surface area contributed by atoms with Crippen molar-refractivity contribution in [2.75, 3.05) is 5.73 Å². The number of hydrogen-bond acceptors (Lipinski definition) is 6. The lowest BCUT2D eigenvalue weighted by Gasteiger charge is -2.17. The molecule has 154 valence electrons. The molecule has 0 aliphatic heterocycles. The van der Waals surface area contributed by atoms with Crippen LogP contribution in [0.25, 0.3) is 33.1 Å². The quantitative estimate of drug-likeness (QED) is 0.472. The van der Waals surface area contributed by atoms with Crippen LogP contribution in [0, 0.1) is 13.8 Å². The predicted molar refractivity (Wildman–Crippen MR) is 121 cm³/mol. The van der Waals surface area contributed by atoms with Crippen molar-refractivity contribution in [2.45, 2.75) is 26.8 Å². The van der Waals surface area contributed by atoms with Crippen LogP contribution in [-0.4, -0.2) is 19.7 Å². The van der Waals surface area contributed by atoms with Gasteiger partial charge in [-0.2, -0.15) is 5.10 Å². The lowest BCUT2D eigenvalue weighted by atomic mass is 9.98. The van der Waals surface area contributed by atoms with Crippen molar-refractivity contribution in [2.24, 2.45) is 0 Å². The van der Waals surface area contributed by atoms with Crippen molar-refractivity contribution in [1.82, 2.24) is 19.7 Å². The molecule has 3 aromatic heterocycles. The minimum absolute atomic E-state index is 0.0726. The summed E-state index contributed by atoms with van der Waals surface area (Å²) in [6.45, 7) is 5.80. The summed E-state index contributed by atoms with van der Waals surface area (Å²) in [6.07, 6.45) is 1.42. The second-order valence-corrected chi connectivity index (χ2v) is 7.70. The Morgan fingerprint density at radius 2 is 1.87 bits per heavy atom. The predicted octanol–water partition coefficient (Wildman–Crippen LogP) is 4.41. The highest BCUT2D eigenvalue weighted by molar-refractivity contribution is 5.88. The third kappa shape index (κ3) is 2.97. The Labute approximate surface area is 178 Å². The molecule has 0 spiro atoms. The van der Waals surface area contributed by atoms with Crippen molar-refractivity contribution >= 4 is 27.8 Å². The van der Waals surface area contributed by atoms with Crippen molar-refractivity contribution < 1.29 is 4.42 Å². The molecule has 7 heteroatoms. The number of benzene rings is 2. The van der Waals surface area contributed by atoms with Crippen molar-refractivity contribution in [3.8, 4) is 11.1 Å². The van der Waals surface area contributed by atoms with Crippen molar-refractivity contribution in [3.63, 3.8) is 0 Å². The molecular formula is C24H21N5O2. The summed E-state index contributed by atoms with van der Waals surface area (Å²) in [7, 11) is 0. The van der Waals surface area contributed by atoms with Crippen molar-refractivity contribution in [3.05, 3.63) is 82.1 Å². The van der Waals surface area contributed by atoms with E-state index in [1.54, 1.807) is 16.8 Å². The maximum absolute atomic E-state index is 13.6. The van der Waals surface area contributed by atoms with Gasteiger partial charge in [0.1, 0.15) is 29.5 Å². The van der Waals surface area contributed by atoms with Gasteiger partial charge in [-0.25, -0.2) is 14.6 Å². The summed E-state index contributed by atoms with van der Waals surface area (Å²) < 4.78 is 8.08. The maximum Gasteiger partial charge on any atom is 0.200 e. The van der Waals surface area contributed by atoms with Crippen LogP contribution in [0.1, 0.15) is 30.0 Å². The standard InChI is InChI=1S/C24H21N5O2/c1-13-7-6-8-16(11-13)20-21(30)17-9-4-5-10-18(17)31-22(20)15(3)29-24-19(14(2)28-29)23(25)26-12-27-24/h4-12,15H,1-3H3,(H2,25,26,27). The molecule has 0 bridgehead atoms. The SMILES string of the molecule is Cc1cccc(-c2c(C(C)n3nc(C)c4c(N)ncnc43)oc3ccccc3c2=O)c1. The van der Waals surface area contributed by atoms with Crippen LogP contribution in [-0.2, 0) is 0 Å². The Morgan fingerprint density at radius 3 is 2.68 bits per heavy atom. The minimum Gasteiger partial charge on any atom is -0.458 e. The largest absolute Gasteiger partial charge is 0.458 e. The lowest BCUT2D eigenvalue weighted by Crippen LogP contribution is -2.16. The van der Waals surface area contributed by atoms with E-state index in [0.717, 1.165) is 16.8 Å². The van der Waals surface area contributed by atoms with Crippen LogP contribution in [0.3, 0.4) is 0 Å². The summed E-state index contributed by atoms with van der Waals surface area (Å²) >= 11 is 0. The van der Waals surface area contributed by atoms with E-state index < -0.39 is 6.04 Å². The monoisotopic (exact) mass is 411 g/mol. The molecule has 0 saturated carbocycles. The number of nitrogens with two attached hydrogens (primary N) is 1. The minimum atomic E-state index is -0.404. The normalized spacial score (nSPS) is 12.5. The topological polar surface area (TPSA) is 99.8 Å². The summed E-state index contributed by atoms with van der Waals surface area (Å²) in [4.78, 5) is 22.1. The number of rotatable bonds is 3. The molecule has 5 rings (SSSR count). The smallest absolute Gasteiger partial charge is 0.200 e. The van der Waals surface area contributed by atoms with Gasteiger partial charge in [-0.3, -0.25) is 4.79 Å². The number of aryl methyl sites for hydroxylation is 2. The molecular weight excluding hydrogens is 390 g/mol. The Balaban J connectivity index is 1.83. The summed E-state index contributed by atoms with van der Waals surface area (Å²) in [5.41, 5.74) is 10.2. The Morgan fingerprint density at radius 1 is 1.06 bits per heavy atom. The lowest BCUT2D eigenvalue weighted by molar-refractivity contribution is 0.444. The Bertz CT molecular complexity index is 1520. The van der Waals surface area contributed by atoms with Gasteiger partial charge in [0.15, 0.2) is 5.65 Å². The zero-order valence-electron chi connectivity index (χ0n) is 17.5. The van der Waals surface area contributed by atoms with Gasteiger partial charge in [0.05, 0.1) is 22.0 Å². The average Bonchev–Trinajstić information content (AvgIpc) is 3.11. The second kappa shape index (κ2) is 7.05. The molecule has 31 heavy (non-hydrogen) atoms. The Hall–Kier alpha value is -4.00. The van der Waals surface area contributed by atoms with Gasteiger partial charge in [0.2, 0.25) is 5.43 Å². The number of nitrogen functional groups attached to an aromatic ring is 1. The molecule has 5 aromatic rings. The van der Waals surface area contributed by atoms with E-state index in [4.69, 9.17) is 10.2 Å². The van der Waals surface area contributed by atoms with E-state index in [1.165, 1.54) is 6.33 Å². The first-order valence-electron chi connectivity index (χ1n) is 10.0. The van der Waals surface area contributed by atoms with E-state index >= 15 is 0 Å². The molecule has 0 amide bonds. The van der Waals surface area contributed by atoms with Crippen LogP contribution in [0.15, 0.2) is 64.1 Å². The first-order chi connectivity index (χ1) is 15.0. The van der Waals surface area contributed by atoms with Gasteiger partial charge < -0.3 is 10.2 Å². The van der Waals surface area contributed by atoms with Crippen LogP contribution < -0.4 is 11.2 Å².